The van der Waals surface area contributed by atoms with Crippen LogP contribution in [0.25, 0.3) is 11.3 Å². The first-order chi connectivity index (χ1) is 13.7. The van der Waals surface area contributed by atoms with Crippen LogP contribution >= 0.6 is 0 Å². The van der Waals surface area contributed by atoms with Crippen molar-refractivity contribution in [3.8, 4) is 11.3 Å². The van der Waals surface area contributed by atoms with Gasteiger partial charge >= 0.3 is 0 Å². The lowest BCUT2D eigenvalue weighted by atomic mass is 9.91. The second-order valence-electron chi connectivity index (χ2n) is 7.73. The summed E-state index contributed by atoms with van der Waals surface area (Å²) in [5, 5.41) is 0. The van der Waals surface area contributed by atoms with Crippen LogP contribution in [0.15, 0.2) is 36.7 Å². The maximum Gasteiger partial charge on any atom is 0.236 e. The van der Waals surface area contributed by atoms with Crippen molar-refractivity contribution < 1.29 is 9.53 Å². The van der Waals surface area contributed by atoms with Gasteiger partial charge in [-0.25, -0.2) is 0 Å². The fraction of sp³-hybridized carbons (Fsp3) is 0.500. The number of aromatic nitrogens is 2. The molecule has 148 valence electrons. The van der Waals surface area contributed by atoms with Gasteiger partial charge in [0.1, 0.15) is 0 Å². The van der Waals surface area contributed by atoms with E-state index in [2.05, 4.69) is 41.1 Å². The summed E-state index contributed by atoms with van der Waals surface area (Å²) in [4.78, 5) is 26.4. The Hall–Kier alpha value is -2.31. The normalized spacial score (nSPS) is 20.9. The number of morpholine rings is 1. The lowest BCUT2D eigenvalue weighted by Crippen LogP contribution is -2.47. The molecule has 3 heterocycles. The number of carbonyl (C=O) groups is 1. The van der Waals surface area contributed by atoms with E-state index >= 15 is 0 Å². The molecule has 0 saturated carbocycles. The zero-order valence-corrected chi connectivity index (χ0v) is 16.5. The first kappa shape index (κ1) is 19.0. The predicted molar refractivity (Wildman–Crippen MR) is 108 cm³/mol. The van der Waals surface area contributed by atoms with Crippen molar-refractivity contribution in [2.75, 3.05) is 45.9 Å². The van der Waals surface area contributed by atoms with Crippen molar-refractivity contribution in [3.05, 3.63) is 47.9 Å². The molecule has 1 aromatic heterocycles. The summed E-state index contributed by atoms with van der Waals surface area (Å²) in [7, 11) is 0. The SMILES string of the molecule is Cc1cccc(-c2nccnc2[C@@H]2CCCN(C(=O)CN3CCOCC3)C2)c1. The van der Waals surface area contributed by atoms with Crippen molar-refractivity contribution in [1.29, 1.82) is 0 Å². The molecule has 0 aliphatic carbocycles. The van der Waals surface area contributed by atoms with E-state index in [4.69, 9.17) is 9.72 Å². The number of rotatable bonds is 4. The molecule has 0 N–H and O–H groups in total. The lowest BCUT2D eigenvalue weighted by Gasteiger charge is -2.35. The molecule has 0 radical (unpaired) electrons. The van der Waals surface area contributed by atoms with Gasteiger partial charge < -0.3 is 9.64 Å². The Morgan fingerprint density at radius 1 is 1.18 bits per heavy atom. The fourth-order valence-corrected chi connectivity index (χ4v) is 4.14. The number of hydrogen-bond acceptors (Lipinski definition) is 5. The highest BCUT2D eigenvalue weighted by Gasteiger charge is 2.29. The molecule has 2 fully saturated rings. The van der Waals surface area contributed by atoms with Gasteiger partial charge in [0, 0.05) is 50.1 Å². The Morgan fingerprint density at radius 3 is 2.82 bits per heavy atom. The van der Waals surface area contributed by atoms with E-state index in [1.165, 1.54) is 5.56 Å². The van der Waals surface area contributed by atoms with Crippen molar-refractivity contribution in [2.24, 2.45) is 0 Å². The van der Waals surface area contributed by atoms with Crippen LogP contribution in [0.2, 0.25) is 0 Å². The summed E-state index contributed by atoms with van der Waals surface area (Å²) in [6, 6.07) is 8.39. The third kappa shape index (κ3) is 4.39. The van der Waals surface area contributed by atoms with Crippen molar-refractivity contribution in [1.82, 2.24) is 19.8 Å². The lowest BCUT2D eigenvalue weighted by molar-refractivity contribution is -0.134. The highest BCUT2D eigenvalue weighted by molar-refractivity contribution is 5.78. The number of aryl methyl sites for hydroxylation is 1. The third-order valence-electron chi connectivity index (χ3n) is 5.64. The van der Waals surface area contributed by atoms with E-state index in [-0.39, 0.29) is 11.8 Å². The number of amides is 1. The van der Waals surface area contributed by atoms with Crippen LogP contribution in [0.3, 0.4) is 0 Å². The molecule has 2 aromatic rings. The Kier molecular flexibility index (Phi) is 5.98. The molecular formula is C22H28N4O2. The molecule has 1 aromatic carbocycles. The second-order valence-corrected chi connectivity index (χ2v) is 7.73. The summed E-state index contributed by atoms with van der Waals surface area (Å²) in [6.07, 6.45) is 5.57. The Bertz CT molecular complexity index is 820. The molecule has 4 rings (SSSR count). The minimum absolute atomic E-state index is 0.215. The Morgan fingerprint density at radius 2 is 2.00 bits per heavy atom. The molecule has 1 amide bonds. The molecule has 6 heteroatoms. The maximum absolute atomic E-state index is 12.9. The molecule has 0 unspecified atom stereocenters. The van der Waals surface area contributed by atoms with E-state index in [1.807, 2.05) is 4.90 Å². The van der Waals surface area contributed by atoms with Gasteiger partial charge in [0.15, 0.2) is 0 Å². The molecule has 28 heavy (non-hydrogen) atoms. The van der Waals surface area contributed by atoms with Gasteiger partial charge in [-0.3, -0.25) is 19.7 Å². The molecule has 0 spiro atoms. The van der Waals surface area contributed by atoms with Gasteiger partial charge in [-0.15, -0.1) is 0 Å². The molecular weight excluding hydrogens is 352 g/mol. The number of piperidine rings is 1. The van der Waals surface area contributed by atoms with Gasteiger partial charge in [-0.1, -0.05) is 23.8 Å². The van der Waals surface area contributed by atoms with E-state index in [1.54, 1.807) is 12.4 Å². The second kappa shape index (κ2) is 8.80. The molecule has 1 atom stereocenters. The summed E-state index contributed by atoms with van der Waals surface area (Å²) >= 11 is 0. The topological polar surface area (TPSA) is 58.6 Å². The average molecular weight is 380 g/mol. The standard InChI is InChI=1S/C22H28N4O2/c1-17-4-2-5-18(14-17)21-22(24-8-7-23-21)19-6-3-9-26(15-19)20(27)16-25-10-12-28-13-11-25/h2,4-5,7-8,14,19H,3,6,9-13,15-16H2,1H3/t19-/m1/s1. The largest absolute Gasteiger partial charge is 0.379 e. The molecule has 2 aliphatic rings. The minimum atomic E-state index is 0.215. The van der Waals surface area contributed by atoms with Crippen LogP contribution in [0.5, 0.6) is 0 Å². The van der Waals surface area contributed by atoms with Gasteiger partial charge in [0.2, 0.25) is 5.91 Å². The summed E-state index contributed by atoms with van der Waals surface area (Å²) in [5.74, 6) is 0.444. The first-order valence-corrected chi connectivity index (χ1v) is 10.2. The molecule has 6 nitrogen and oxygen atoms in total. The van der Waals surface area contributed by atoms with E-state index < -0.39 is 0 Å². The van der Waals surface area contributed by atoms with Gasteiger partial charge in [0.25, 0.3) is 0 Å². The highest BCUT2D eigenvalue weighted by atomic mass is 16.5. The van der Waals surface area contributed by atoms with E-state index in [0.29, 0.717) is 6.54 Å². The average Bonchev–Trinajstić information content (AvgIpc) is 2.74. The van der Waals surface area contributed by atoms with E-state index in [9.17, 15) is 4.79 Å². The zero-order valence-electron chi connectivity index (χ0n) is 16.5. The van der Waals surface area contributed by atoms with E-state index in [0.717, 1.165) is 69.2 Å². The zero-order chi connectivity index (χ0) is 19.3. The van der Waals surface area contributed by atoms with Crippen LogP contribution in [0, 0.1) is 6.92 Å². The van der Waals surface area contributed by atoms with Gasteiger partial charge in [-0.05, 0) is 25.8 Å². The minimum Gasteiger partial charge on any atom is -0.379 e. The van der Waals surface area contributed by atoms with Crippen LogP contribution in [0.1, 0.15) is 30.0 Å². The molecule has 2 aliphatic heterocycles. The number of nitrogens with zero attached hydrogens (tertiary/aromatic N) is 4. The van der Waals surface area contributed by atoms with Crippen LogP contribution < -0.4 is 0 Å². The summed E-state index contributed by atoms with van der Waals surface area (Å²) in [5.41, 5.74) is 4.26. The van der Waals surface area contributed by atoms with Gasteiger partial charge in [0.05, 0.1) is 31.1 Å². The Balaban J connectivity index is 1.50. The van der Waals surface area contributed by atoms with Crippen LogP contribution in [-0.4, -0.2) is 71.6 Å². The summed E-state index contributed by atoms with van der Waals surface area (Å²) < 4.78 is 5.38. The smallest absolute Gasteiger partial charge is 0.236 e. The van der Waals surface area contributed by atoms with Crippen molar-refractivity contribution >= 4 is 5.91 Å². The monoisotopic (exact) mass is 380 g/mol. The summed E-state index contributed by atoms with van der Waals surface area (Å²) in [6.45, 7) is 7.24. The predicted octanol–water partition coefficient (Wildman–Crippen LogP) is 2.49. The van der Waals surface area contributed by atoms with Crippen molar-refractivity contribution in [3.63, 3.8) is 0 Å². The maximum atomic E-state index is 12.9. The number of hydrogen-bond donors (Lipinski definition) is 0. The highest BCUT2D eigenvalue weighted by Crippen LogP contribution is 2.32. The quantitative estimate of drug-likeness (QED) is 0.816. The third-order valence-corrected chi connectivity index (χ3v) is 5.64. The number of likely N-dealkylation sites (tertiary alicyclic amines) is 1. The van der Waals surface area contributed by atoms with Crippen LogP contribution in [0.4, 0.5) is 0 Å². The number of benzene rings is 1. The number of ether oxygens (including phenoxy) is 1. The van der Waals surface area contributed by atoms with Crippen molar-refractivity contribution in [2.45, 2.75) is 25.7 Å². The first-order valence-electron chi connectivity index (χ1n) is 10.2. The molecule has 0 bridgehead atoms. The molecule has 2 saturated heterocycles. The Labute approximate surface area is 166 Å². The fourth-order valence-electron chi connectivity index (χ4n) is 4.14. The van der Waals surface area contributed by atoms with Gasteiger partial charge in [-0.2, -0.15) is 0 Å². The van der Waals surface area contributed by atoms with Crippen LogP contribution in [-0.2, 0) is 9.53 Å². The number of carbonyl (C=O) groups excluding carboxylic acids is 1.